The molecule has 0 spiro atoms. The number of nitrogens with one attached hydrogen (secondary N) is 1. The molecular formula is C24H33N7O6. The van der Waals surface area contributed by atoms with Crippen molar-refractivity contribution in [1.29, 1.82) is 5.26 Å². The quantitative estimate of drug-likeness (QED) is 0.408. The summed E-state index contributed by atoms with van der Waals surface area (Å²) in [6.45, 7) is 7.74. The van der Waals surface area contributed by atoms with Gasteiger partial charge in [0.1, 0.15) is 36.4 Å². The van der Waals surface area contributed by atoms with Crippen molar-refractivity contribution >= 4 is 34.8 Å². The lowest BCUT2D eigenvalue weighted by molar-refractivity contribution is -0.182. The third-order valence-electron chi connectivity index (χ3n) is 6.07. The highest BCUT2D eigenvalue weighted by molar-refractivity contribution is 5.88. The Labute approximate surface area is 215 Å². The van der Waals surface area contributed by atoms with Gasteiger partial charge in [0.2, 0.25) is 5.91 Å². The Kier molecular flexibility index (Phi) is 8.54. The minimum absolute atomic E-state index is 0.0560. The highest BCUT2D eigenvalue weighted by atomic mass is 16.7. The number of hydrogen-bond acceptors (Lipinski definition) is 10. The van der Waals surface area contributed by atoms with Crippen molar-refractivity contribution in [2.75, 3.05) is 31.6 Å². The zero-order chi connectivity index (χ0) is 27.3. The van der Waals surface area contributed by atoms with Crippen molar-refractivity contribution < 1.29 is 29.0 Å². The monoisotopic (exact) mass is 515 g/mol. The molecule has 37 heavy (non-hydrogen) atoms. The van der Waals surface area contributed by atoms with Gasteiger partial charge >= 0.3 is 12.1 Å². The smallest absolute Gasteiger partial charge is 0.408 e. The van der Waals surface area contributed by atoms with Crippen molar-refractivity contribution in [3.63, 3.8) is 0 Å². The fourth-order valence-electron chi connectivity index (χ4n) is 4.21. The second kappa shape index (κ2) is 11.4. The van der Waals surface area contributed by atoms with E-state index >= 15 is 0 Å². The van der Waals surface area contributed by atoms with E-state index in [-0.39, 0.29) is 24.3 Å². The number of carbonyl (C=O) groups is 3. The number of aliphatic hydroxyl groups is 1. The molecule has 0 radical (unpaired) electrons. The molecule has 1 aliphatic heterocycles. The average molecular weight is 516 g/mol. The number of nitriles is 1. The lowest BCUT2D eigenvalue weighted by Crippen LogP contribution is -2.52. The number of amides is 2. The van der Waals surface area contributed by atoms with Crippen LogP contribution in [0, 0.1) is 17.2 Å². The van der Waals surface area contributed by atoms with E-state index in [2.05, 4.69) is 22.2 Å². The zero-order valence-corrected chi connectivity index (χ0v) is 21.7. The molecule has 1 fully saturated rings. The number of ether oxygens (including phenoxy) is 2. The number of hydrogen-bond donors (Lipinski definition) is 2. The van der Waals surface area contributed by atoms with Crippen molar-refractivity contribution in [2.45, 2.75) is 58.6 Å². The highest BCUT2D eigenvalue weighted by Gasteiger charge is 2.33. The number of piperidine rings is 1. The molecule has 3 heterocycles. The molecular weight excluding hydrogens is 482 g/mol. The van der Waals surface area contributed by atoms with Crippen molar-refractivity contribution in [2.24, 2.45) is 5.92 Å². The van der Waals surface area contributed by atoms with Crippen LogP contribution >= 0.6 is 0 Å². The Hall–Kier alpha value is -3.92. The maximum absolute atomic E-state index is 12.3. The summed E-state index contributed by atoms with van der Waals surface area (Å²) in [6.07, 6.45) is 1.02. The minimum atomic E-state index is -1.69. The summed E-state index contributed by atoms with van der Waals surface area (Å²) in [6, 6.07) is 3.55. The number of esters is 1. The second-order valence-electron chi connectivity index (χ2n) is 9.95. The van der Waals surface area contributed by atoms with Gasteiger partial charge in [-0.15, -0.1) is 0 Å². The van der Waals surface area contributed by atoms with Crippen LogP contribution in [-0.2, 0) is 19.1 Å². The average Bonchev–Trinajstić information content (AvgIpc) is 3.26. The normalized spacial score (nSPS) is 18.6. The predicted molar refractivity (Wildman–Crippen MR) is 132 cm³/mol. The van der Waals surface area contributed by atoms with Crippen molar-refractivity contribution in [3.05, 3.63) is 18.6 Å². The molecule has 13 nitrogen and oxygen atoms in total. The first-order chi connectivity index (χ1) is 17.4. The number of likely N-dealkylation sites (tertiary alicyclic amines) is 1. The Morgan fingerprint density at radius 3 is 2.76 bits per heavy atom. The first-order valence-electron chi connectivity index (χ1n) is 11.9. The minimum Gasteiger partial charge on any atom is -0.444 e. The van der Waals surface area contributed by atoms with Crippen LogP contribution in [-0.4, -0.2) is 80.8 Å². The summed E-state index contributed by atoms with van der Waals surface area (Å²) in [7, 11) is 1.87. The van der Waals surface area contributed by atoms with E-state index in [1.165, 1.54) is 17.1 Å². The fourth-order valence-corrected chi connectivity index (χ4v) is 4.21. The molecule has 3 atom stereocenters. The predicted octanol–water partition coefficient (Wildman–Crippen LogP) is 1.53. The molecule has 2 N–H and O–H groups in total. The van der Waals surface area contributed by atoms with Gasteiger partial charge in [0.15, 0.2) is 0 Å². The van der Waals surface area contributed by atoms with Crippen LogP contribution in [0.3, 0.4) is 0 Å². The van der Waals surface area contributed by atoms with Gasteiger partial charge in [-0.2, -0.15) is 5.26 Å². The standard InChI is InChI=1S/C24H33N7O6/c1-15-7-10-30(18(32)6-9-25)13-17(15)29(5)20-16-8-11-31(21(16)28-14-27-20)23(35)36-19(33)12-26-22(34)37-24(2,3)4/h8,11,14-15,17,23,35H,6-7,10,12-13H2,1-5H3,(H,26,34)/t15-,17+,23?/m1/s1. The van der Waals surface area contributed by atoms with Crippen LogP contribution in [0.1, 0.15) is 47.0 Å². The molecule has 2 aromatic heterocycles. The molecule has 1 unspecified atom stereocenters. The summed E-state index contributed by atoms with van der Waals surface area (Å²) in [5.41, 5.74) is -0.389. The molecule has 0 aliphatic carbocycles. The van der Waals surface area contributed by atoms with Gasteiger partial charge in [0.05, 0.1) is 17.5 Å². The molecule has 1 saturated heterocycles. The lowest BCUT2D eigenvalue weighted by Gasteiger charge is -2.42. The van der Waals surface area contributed by atoms with E-state index in [0.717, 1.165) is 6.42 Å². The first-order valence-corrected chi connectivity index (χ1v) is 11.9. The summed E-state index contributed by atoms with van der Waals surface area (Å²) < 4.78 is 11.4. The topological polar surface area (TPSA) is 163 Å². The van der Waals surface area contributed by atoms with Crippen LogP contribution in [0.5, 0.6) is 0 Å². The van der Waals surface area contributed by atoms with E-state index in [9.17, 15) is 19.5 Å². The number of fused-ring (bicyclic) bond motifs is 1. The maximum atomic E-state index is 12.3. The van der Waals surface area contributed by atoms with Crippen LogP contribution in [0.2, 0.25) is 0 Å². The van der Waals surface area contributed by atoms with Gasteiger partial charge in [-0.05, 0) is 39.2 Å². The Morgan fingerprint density at radius 2 is 2.08 bits per heavy atom. The number of anilines is 1. The van der Waals surface area contributed by atoms with E-state index in [0.29, 0.717) is 29.9 Å². The number of likely N-dealkylation sites (N-methyl/N-ethyl adjacent to an activating group) is 1. The number of carbonyl (C=O) groups excluding carboxylic acids is 3. The fraction of sp³-hybridized carbons (Fsp3) is 0.583. The largest absolute Gasteiger partial charge is 0.444 e. The lowest BCUT2D eigenvalue weighted by atomic mass is 9.92. The van der Waals surface area contributed by atoms with Crippen LogP contribution in [0.25, 0.3) is 11.0 Å². The molecule has 0 aromatic carbocycles. The summed E-state index contributed by atoms with van der Waals surface area (Å²) in [4.78, 5) is 48.5. The Bertz CT molecular complexity index is 1180. The molecule has 0 saturated carbocycles. The van der Waals surface area contributed by atoms with Gasteiger partial charge in [-0.3, -0.25) is 14.2 Å². The molecule has 2 amide bonds. The molecule has 1 aliphatic rings. The number of rotatable bonds is 7. The number of aromatic nitrogens is 3. The summed E-state index contributed by atoms with van der Waals surface area (Å²) >= 11 is 0. The van der Waals surface area contributed by atoms with E-state index < -0.39 is 30.6 Å². The van der Waals surface area contributed by atoms with Gasteiger partial charge in [-0.1, -0.05) is 6.92 Å². The van der Waals surface area contributed by atoms with Gasteiger partial charge in [0.25, 0.3) is 6.41 Å². The zero-order valence-electron chi connectivity index (χ0n) is 21.7. The highest BCUT2D eigenvalue weighted by Crippen LogP contribution is 2.30. The van der Waals surface area contributed by atoms with Crippen molar-refractivity contribution in [1.82, 2.24) is 24.8 Å². The van der Waals surface area contributed by atoms with Crippen molar-refractivity contribution in [3.8, 4) is 6.07 Å². The SMILES string of the molecule is C[C@@H]1CCN(C(=O)CC#N)C[C@@H]1N(C)c1ncnc2c1ccn2C(O)OC(=O)CNC(=O)OC(C)(C)C. The summed E-state index contributed by atoms with van der Waals surface area (Å²) in [5, 5.41) is 22.3. The van der Waals surface area contributed by atoms with Crippen LogP contribution < -0.4 is 10.2 Å². The van der Waals surface area contributed by atoms with Gasteiger partial charge in [0, 0.05) is 26.3 Å². The van der Waals surface area contributed by atoms with E-state index in [4.69, 9.17) is 14.7 Å². The maximum Gasteiger partial charge on any atom is 0.408 e. The Balaban J connectivity index is 1.72. The van der Waals surface area contributed by atoms with Crippen LogP contribution in [0.4, 0.5) is 10.6 Å². The third kappa shape index (κ3) is 6.85. The molecule has 3 rings (SSSR count). The first kappa shape index (κ1) is 27.7. The van der Waals surface area contributed by atoms with Crippen LogP contribution in [0.15, 0.2) is 18.6 Å². The number of nitrogens with zero attached hydrogens (tertiary/aromatic N) is 6. The second-order valence-corrected chi connectivity index (χ2v) is 9.95. The van der Waals surface area contributed by atoms with Gasteiger partial charge < -0.3 is 29.7 Å². The summed E-state index contributed by atoms with van der Waals surface area (Å²) in [5.74, 6) is -0.227. The molecule has 200 valence electrons. The number of aliphatic hydroxyl groups excluding tert-OH is 1. The third-order valence-corrected chi connectivity index (χ3v) is 6.07. The van der Waals surface area contributed by atoms with E-state index in [1.807, 2.05) is 18.0 Å². The number of alkyl carbamates (subject to hydrolysis) is 1. The molecule has 2 aromatic rings. The Morgan fingerprint density at radius 1 is 1.35 bits per heavy atom. The van der Waals surface area contributed by atoms with E-state index in [1.54, 1.807) is 31.7 Å². The van der Waals surface area contributed by atoms with Gasteiger partial charge in [-0.25, -0.2) is 14.8 Å². The molecule has 13 heteroatoms. The molecule has 0 bridgehead atoms.